The zero-order valence-corrected chi connectivity index (χ0v) is 9.46. The molecule has 1 heterocycles. The molecule has 13 heavy (non-hydrogen) atoms. The van der Waals surface area contributed by atoms with Crippen LogP contribution < -0.4 is 5.73 Å². The van der Waals surface area contributed by atoms with Gasteiger partial charge in [-0.1, -0.05) is 13.8 Å². The van der Waals surface area contributed by atoms with Gasteiger partial charge in [0, 0.05) is 18.6 Å². The van der Waals surface area contributed by atoms with Crippen LogP contribution in [-0.4, -0.2) is 30.1 Å². The van der Waals surface area contributed by atoms with Crippen molar-refractivity contribution in [3.63, 3.8) is 0 Å². The van der Waals surface area contributed by atoms with Gasteiger partial charge in [-0.25, -0.2) is 0 Å². The number of nitrogens with zero attached hydrogens (tertiary/aromatic N) is 1. The zero-order chi connectivity index (χ0) is 10.0. The van der Waals surface area contributed by atoms with Crippen molar-refractivity contribution in [3.8, 4) is 0 Å². The third kappa shape index (κ3) is 2.23. The van der Waals surface area contributed by atoms with Crippen LogP contribution >= 0.6 is 0 Å². The molecule has 0 aromatic rings. The molecule has 1 aliphatic rings. The molecule has 1 aliphatic heterocycles. The summed E-state index contributed by atoms with van der Waals surface area (Å²) in [6.45, 7) is 11.2. The van der Waals surface area contributed by atoms with Gasteiger partial charge in [-0.05, 0) is 38.6 Å². The molecule has 0 amide bonds. The molecule has 2 heteroatoms. The molecule has 2 unspecified atom stereocenters. The lowest BCUT2D eigenvalue weighted by Crippen LogP contribution is -2.43. The minimum atomic E-state index is 0.625. The average Bonchev–Trinajstić information content (AvgIpc) is 2.46. The molecule has 0 saturated carbocycles. The Bertz CT molecular complexity index is 138. The first kappa shape index (κ1) is 11.0. The Labute approximate surface area is 82.5 Å². The number of hydrogen-bond acceptors (Lipinski definition) is 2. The molecule has 2 atom stereocenters. The molecule has 0 bridgehead atoms. The van der Waals surface area contributed by atoms with E-state index in [2.05, 4.69) is 32.6 Å². The van der Waals surface area contributed by atoms with Crippen molar-refractivity contribution in [2.75, 3.05) is 13.1 Å². The predicted molar refractivity (Wildman–Crippen MR) is 57.6 cm³/mol. The largest absolute Gasteiger partial charge is 0.329 e. The molecular weight excluding hydrogens is 160 g/mol. The minimum Gasteiger partial charge on any atom is -0.329 e. The highest BCUT2D eigenvalue weighted by atomic mass is 15.2. The van der Waals surface area contributed by atoms with E-state index in [1.165, 1.54) is 13.0 Å². The van der Waals surface area contributed by atoms with Crippen LogP contribution in [0.4, 0.5) is 0 Å². The SMILES string of the molecule is CC(C)C1CCN(C(C)C)C1CN. The summed E-state index contributed by atoms with van der Waals surface area (Å²) in [5.41, 5.74) is 5.85. The first-order chi connectivity index (χ1) is 6.07. The van der Waals surface area contributed by atoms with E-state index in [9.17, 15) is 0 Å². The van der Waals surface area contributed by atoms with E-state index in [0.717, 1.165) is 18.4 Å². The number of hydrogen-bond donors (Lipinski definition) is 1. The van der Waals surface area contributed by atoms with E-state index in [-0.39, 0.29) is 0 Å². The Balaban J connectivity index is 2.63. The normalized spacial score (nSPS) is 30.7. The summed E-state index contributed by atoms with van der Waals surface area (Å²) in [5, 5.41) is 0. The lowest BCUT2D eigenvalue weighted by molar-refractivity contribution is 0.170. The van der Waals surface area contributed by atoms with Crippen molar-refractivity contribution < 1.29 is 0 Å². The fraction of sp³-hybridized carbons (Fsp3) is 1.00. The summed E-state index contributed by atoms with van der Waals surface area (Å²) in [5.74, 6) is 1.59. The molecule has 78 valence electrons. The van der Waals surface area contributed by atoms with E-state index in [4.69, 9.17) is 5.73 Å². The molecular formula is C11H24N2. The average molecular weight is 184 g/mol. The summed E-state index contributed by atoms with van der Waals surface area (Å²) in [6.07, 6.45) is 1.33. The quantitative estimate of drug-likeness (QED) is 0.723. The monoisotopic (exact) mass is 184 g/mol. The minimum absolute atomic E-state index is 0.625. The Morgan fingerprint density at radius 3 is 2.31 bits per heavy atom. The summed E-state index contributed by atoms with van der Waals surface area (Å²) in [4.78, 5) is 2.56. The molecule has 0 aromatic carbocycles. The lowest BCUT2D eigenvalue weighted by Gasteiger charge is -2.31. The van der Waals surface area contributed by atoms with E-state index in [0.29, 0.717) is 12.1 Å². The van der Waals surface area contributed by atoms with Crippen LogP contribution in [0.5, 0.6) is 0 Å². The lowest BCUT2D eigenvalue weighted by atomic mass is 9.88. The number of likely N-dealkylation sites (tertiary alicyclic amines) is 1. The third-order valence-electron chi connectivity index (χ3n) is 3.40. The third-order valence-corrected chi connectivity index (χ3v) is 3.40. The molecule has 1 fully saturated rings. The molecule has 0 aliphatic carbocycles. The molecule has 1 rings (SSSR count). The van der Waals surface area contributed by atoms with Gasteiger partial charge in [0.25, 0.3) is 0 Å². The van der Waals surface area contributed by atoms with Crippen molar-refractivity contribution in [1.29, 1.82) is 0 Å². The molecule has 2 N–H and O–H groups in total. The fourth-order valence-electron chi connectivity index (χ4n) is 2.63. The second-order valence-corrected chi connectivity index (χ2v) is 4.83. The van der Waals surface area contributed by atoms with E-state index in [1.807, 2.05) is 0 Å². The standard InChI is InChI=1S/C11H24N2/c1-8(2)10-5-6-13(9(3)4)11(10)7-12/h8-11H,5-7,12H2,1-4H3. The molecule has 0 spiro atoms. The maximum Gasteiger partial charge on any atom is 0.0252 e. The molecule has 0 radical (unpaired) electrons. The van der Waals surface area contributed by atoms with Gasteiger partial charge in [0.05, 0.1) is 0 Å². The molecule has 2 nitrogen and oxygen atoms in total. The second-order valence-electron chi connectivity index (χ2n) is 4.83. The van der Waals surface area contributed by atoms with Crippen molar-refractivity contribution in [3.05, 3.63) is 0 Å². The first-order valence-electron chi connectivity index (χ1n) is 5.53. The second kappa shape index (κ2) is 4.43. The van der Waals surface area contributed by atoms with Crippen LogP contribution in [0.2, 0.25) is 0 Å². The summed E-state index contributed by atoms with van der Waals surface area (Å²) in [6, 6.07) is 1.28. The van der Waals surface area contributed by atoms with E-state index >= 15 is 0 Å². The summed E-state index contributed by atoms with van der Waals surface area (Å²) < 4.78 is 0. The molecule has 0 aromatic heterocycles. The molecule has 1 saturated heterocycles. The topological polar surface area (TPSA) is 29.3 Å². The maximum absolute atomic E-state index is 5.85. The predicted octanol–water partition coefficient (Wildman–Crippen LogP) is 1.70. The highest BCUT2D eigenvalue weighted by Gasteiger charge is 2.35. The van der Waals surface area contributed by atoms with Gasteiger partial charge in [-0.2, -0.15) is 0 Å². The fourth-order valence-corrected chi connectivity index (χ4v) is 2.63. The van der Waals surface area contributed by atoms with Crippen LogP contribution in [0.25, 0.3) is 0 Å². The Kier molecular flexibility index (Phi) is 3.74. The summed E-state index contributed by atoms with van der Waals surface area (Å²) in [7, 11) is 0. The first-order valence-corrected chi connectivity index (χ1v) is 5.53. The van der Waals surface area contributed by atoms with Crippen LogP contribution in [0.1, 0.15) is 34.1 Å². The van der Waals surface area contributed by atoms with Crippen molar-refractivity contribution in [2.24, 2.45) is 17.6 Å². The van der Waals surface area contributed by atoms with Crippen molar-refractivity contribution >= 4 is 0 Å². The number of nitrogens with two attached hydrogens (primary N) is 1. The summed E-state index contributed by atoms with van der Waals surface area (Å²) >= 11 is 0. The van der Waals surface area contributed by atoms with Gasteiger partial charge in [0.15, 0.2) is 0 Å². The van der Waals surface area contributed by atoms with Gasteiger partial charge in [-0.15, -0.1) is 0 Å². The zero-order valence-electron chi connectivity index (χ0n) is 9.46. The van der Waals surface area contributed by atoms with Crippen LogP contribution in [0.15, 0.2) is 0 Å². The van der Waals surface area contributed by atoms with Gasteiger partial charge in [0.1, 0.15) is 0 Å². The Morgan fingerprint density at radius 1 is 1.31 bits per heavy atom. The van der Waals surface area contributed by atoms with Crippen LogP contribution in [-0.2, 0) is 0 Å². The van der Waals surface area contributed by atoms with Gasteiger partial charge in [-0.3, -0.25) is 4.90 Å². The van der Waals surface area contributed by atoms with Crippen LogP contribution in [0.3, 0.4) is 0 Å². The van der Waals surface area contributed by atoms with E-state index in [1.54, 1.807) is 0 Å². The van der Waals surface area contributed by atoms with Gasteiger partial charge < -0.3 is 5.73 Å². The van der Waals surface area contributed by atoms with Crippen molar-refractivity contribution in [2.45, 2.75) is 46.2 Å². The Hall–Kier alpha value is -0.0800. The highest BCUT2D eigenvalue weighted by Crippen LogP contribution is 2.31. The van der Waals surface area contributed by atoms with Crippen LogP contribution in [0, 0.1) is 11.8 Å². The van der Waals surface area contributed by atoms with E-state index < -0.39 is 0 Å². The highest BCUT2D eigenvalue weighted by molar-refractivity contribution is 4.90. The Morgan fingerprint density at radius 2 is 1.92 bits per heavy atom. The number of rotatable bonds is 3. The van der Waals surface area contributed by atoms with Gasteiger partial charge in [0.2, 0.25) is 0 Å². The van der Waals surface area contributed by atoms with Crippen molar-refractivity contribution in [1.82, 2.24) is 4.90 Å². The smallest absolute Gasteiger partial charge is 0.0252 e. The maximum atomic E-state index is 5.85. The van der Waals surface area contributed by atoms with Gasteiger partial charge >= 0.3 is 0 Å².